The molecule has 1 unspecified atom stereocenters. The number of carbonyl (C=O) groups excluding carboxylic acids is 1. The van der Waals surface area contributed by atoms with Crippen LogP contribution in [0.25, 0.3) is 0 Å². The molecule has 0 aromatic carbocycles. The van der Waals surface area contributed by atoms with Gasteiger partial charge in [-0.2, -0.15) is 0 Å². The summed E-state index contributed by atoms with van der Waals surface area (Å²) in [4.78, 5) is 23.8. The van der Waals surface area contributed by atoms with Crippen molar-refractivity contribution < 1.29 is 37.6 Å². The Morgan fingerprint density at radius 2 is 1.28 bits per heavy atom. The minimum absolute atomic E-state index is 0.0280. The van der Waals surface area contributed by atoms with Gasteiger partial charge in [-0.3, -0.25) is 9.36 Å². The highest BCUT2D eigenvalue weighted by molar-refractivity contribution is 7.45. The summed E-state index contributed by atoms with van der Waals surface area (Å²) in [5.41, 5.74) is 0. The summed E-state index contributed by atoms with van der Waals surface area (Å²) in [6.07, 6.45) is 30.5. The molecule has 0 heterocycles. The van der Waals surface area contributed by atoms with Crippen molar-refractivity contribution in [1.29, 1.82) is 0 Å². The molecular weight excluding hydrogens is 517 g/mol. The molecule has 0 radical (unpaired) electrons. The molecule has 0 rings (SSSR count). The highest BCUT2D eigenvalue weighted by Gasteiger charge is 2.19. The Morgan fingerprint density at radius 1 is 0.821 bits per heavy atom. The van der Waals surface area contributed by atoms with E-state index in [1.807, 2.05) is 33.3 Å². The van der Waals surface area contributed by atoms with Crippen molar-refractivity contribution in [2.75, 3.05) is 47.5 Å². The molecule has 8 nitrogen and oxygen atoms in total. The lowest BCUT2D eigenvalue weighted by molar-refractivity contribution is -0.870. The Hall–Kier alpha value is -2.06. The third-order valence-electron chi connectivity index (χ3n) is 5.04. The molecule has 0 aliphatic carbocycles. The largest absolute Gasteiger partial charge is 0.756 e. The number of nitrogens with zero attached hydrogens (tertiary/aromatic N) is 1. The molecule has 0 bridgehead atoms. The SMILES string of the molecule is CC/C=C/C/C=C/C/C=C/C/C=C/C/C=C/C/C=C/CCC(=O)O[C@H](CO)COP(=O)([O-])OCC[N+](C)(C)C. The smallest absolute Gasteiger partial charge is 0.306 e. The number of aliphatic hydroxyl groups excluding tert-OH is 1. The Kier molecular flexibility index (Phi) is 22.5. The lowest BCUT2D eigenvalue weighted by Gasteiger charge is -2.28. The summed E-state index contributed by atoms with van der Waals surface area (Å²) >= 11 is 0. The predicted octanol–water partition coefficient (Wildman–Crippen LogP) is 5.58. The van der Waals surface area contributed by atoms with Crippen molar-refractivity contribution in [1.82, 2.24) is 0 Å². The fourth-order valence-electron chi connectivity index (χ4n) is 2.85. The molecule has 39 heavy (non-hydrogen) atoms. The molecule has 0 aromatic heterocycles. The molecule has 9 heteroatoms. The van der Waals surface area contributed by atoms with Gasteiger partial charge >= 0.3 is 5.97 Å². The molecule has 0 saturated carbocycles. The first-order valence-corrected chi connectivity index (χ1v) is 15.2. The van der Waals surface area contributed by atoms with Crippen LogP contribution in [0, 0.1) is 0 Å². The van der Waals surface area contributed by atoms with Gasteiger partial charge in [0.1, 0.15) is 19.3 Å². The Morgan fingerprint density at radius 3 is 1.72 bits per heavy atom. The van der Waals surface area contributed by atoms with Crippen LogP contribution in [0.1, 0.15) is 58.3 Å². The quantitative estimate of drug-likeness (QED) is 0.0744. The van der Waals surface area contributed by atoms with E-state index in [0.717, 1.165) is 38.5 Å². The van der Waals surface area contributed by atoms with Crippen LogP contribution in [-0.4, -0.2) is 69.2 Å². The Bertz CT molecular complexity index is 854. The first kappa shape index (κ1) is 36.9. The molecule has 0 aromatic rings. The second-order valence-corrected chi connectivity index (χ2v) is 11.2. The van der Waals surface area contributed by atoms with Gasteiger partial charge in [-0.05, 0) is 44.9 Å². The molecule has 0 amide bonds. The molecule has 0 aliphatic heterocycles. The average molecular weight is 568 g/mol. The second-order valence-electron chi connectivity index (χ2n) is 9.84. The summed E-state index contributed by atoms with van der Waals surface area (Å²) in [5, 5.41) is 9.36. The van der Waals surface area contributed by atoms with E-state index in [0.29, 0.717) is 17.4 Å². The number of allylic oxidation sites excluding steroid dienone is 12. The second kappa shape index (κ2) is 23.8. The highest BCUT2D eigenvalue weighted by Crippen LogP contribution is 2.38. The van der Waals surface area contributed by atoms with Crippen LogP contribution >= 0.6 is 7.82 Å². The zero-order chi connectivity index (χ0) is 29.2. The number of phosphoric ester groups is 1. The topological polar surface area (TPSA) is 105 Å². The minimum Gasteiger partial charge on any atom is -0.756 e. The molecule has 0 aliphatic rings. The fourth-order valence-corrected chi connectivity index (χ4v) is 3.58. The molecule has 0 saturated heterocycles. The van der Waals surface area contributed by atoms with Crippen LogP contribution in [0.2, 0.25) is 0 Å². The van der Waals surface area contributed by atoms with E-state index in [4.69, 9.17) is 13.8 Å². The molecule has 222 valence electrons. The van der Waals surface area contributed by atoms with Crippen LogP contribution in [0.4, 0.5) is 0 Å². The zero-order valence-corrected chi connectivity index (χ0v) is 25.2. The molecule has 0 fully saturated rings. The van der Waals surface area contributed by atoms with E-state index in [2.05, 4.69) is 67.7 Å². The Balaban J connectivity index is 3.95. The first-order chi connectivity index (χ1) is 18.6. The van der Waals surface area contributed by atoms with Gasteiger partial charge in [0.2, 0.25) is 0 Å². The lowest BCUT2D eigenvalue weighted by Crippen LogP contribution is -2.37. The van der Waals surface area contributed by atoms with Crippen molar-refractivity contribution in [3.8, 4) is 0 Å². The van der Waals surface area contributed by atoms with E-state index >= 15 is 0 Å². The monoisotopic (exact) mass is 567 g/mol. The number of likely N-dealkylation sites (N-methyl/N-ethyl adjacent to an activating group) is 1. The maximum atomic E-state index is 12.0. The summed E-state index contributed by atoms with van der Waals surface area (Å²) in [6, 6.07) is 0. The van der Waals surface area contributed by atoms with Gasteiger partial charge in [-0.25, -0.2) is 0 Å². The number of rotatable bonds is 23. The summed E-state index contributed by atoms with van der Waals surface area (Å²) < 4.78 is 27.0. The third-order valence-corrected chi connectivity index (χ3v) is 6.01. The predicted molar refractivity (Wildman–Crippen MR) is 157 cm³/mol. The van der Waals surface area contributed by atoms with Crippen LogP contribution in [0.3, 0.4) is 0 Å². The maximum absolute atomic E-state index is 12.0. The molecule has 2 atom stereocenters. The van der Waals surface area contributed by atoms with Crippen molar-refractivity contribution in [2.24, 2.45) is 0 Å². The van der Waals surface area contributed by atoms with Gasteiger partial charge in [-0.1, -0.05) is 79.8 Å². The number of ether oxygens (including phenoxy) is 1. The van der Waals surface area contributed by atoms with E-state index in [-0.39, 0.29) is 13.0 Å². The number of phosphoric acid groups is 1. The van der Waals surface area contributed by atoms with E-state index in [1.165, 1.54) is 0 Å². The van der Waals surface area contributed by atoms with Gasteiger partial charge in [0.15, 0.2) is 0 Å². The Labute approximate surface area is 236 Å². The van der Waals surface area contributed by atoms with Crippen LogP contribution < -0.4 is 4.89 Å². The maximum Gasteiger partial charge on any atom is 0.306 e. The highest BCUT2D eigenvalue weighted by atomic mass is 31.2. The van der Waals surface area contributed by atoms with Gasteiger partial charge < -0.3 is 28.3 Å². The van der Waals surface area contributed by atoms with Crippen LogP contribution in [-0.2, 0) is 23.1 Å². The van der Waals surface area contributed by atoms with Crippen molar-refractivity contribution in [3.05, 3.63) is 72.9 Å². The van der Waals surface area contributed by atoms with Gasteiger partial charge in [0.05, 0.1) is 34.4 Å². The minimum atomic E-state index is -4.54. The fraction of sp³-hybridized carbons (Fsp3) is 0.567. The third kappa shape index (κ3) is 27.3. The zero-order valence-electron chi connectivity index (χ0n) is 24.3. The van der Waals surface area contributed by atoms with Gasteiger partial charge in [-0.15, -0.1) is 0 Å². The van der Waals surface area contributed by atoms with Crippen molar-refractivity contribution >= 4 is 13.8 Å². The first-order valence-electron chi connectivity index (χ1n) is 13.7. The van der Waals surface area contributed by atoms with E-state index in [1.54, 1.807) is 0 Å². The molecule has 0 spiro atoms. The van der Waals surface area contributed by atoms with Crippen LogP contribution in [0.15, 0.2) is 72.9 Å². The lowest BCUT2D eigenvalue weighted by atomic mass is 10.2. The summed E-state index contributed by atoms with van der Waals surface area (Å²) in [6.45, 7) is 1.54. The van der Waals surface area contributed by atoms with Crippen molar-refractivity contribution in [3.63, 3.8) is 0 Å². The normalized spacial score (nSPS) is 15.5. The summed E-state index contributed by atoms with van der Waals surface area (Å²) in [7, 11) is 1.17. The number of hydrogen-bond acceptors (Lipinski definition) is 7. The number of quaternary nitrogens is 1. The number of hydrogen-bond donors (Lipinski definition) is 1. The molecular formula is C30H50NO7P. The summed E-state index contributed by atoms with van der Waals surface area (Å²) in [5.74, 6) is -0.538. The number of carbonyl (C=O) groups is 1. The van der Waals surface area contributed by atoms with Crippen molar-refractivity contribution in [2.45, 2.75) is 64.4 Å². The van der Waals surface area contributed by atoms with E-state index < -0.39 is 33.1 Å². The number of esters is 1. The average Bonchev–Trinajstić information content (AvgIpc) is 2.87. The van der Waals surface area contributed by atoms with Gasteiger partial charge in [0, 0.05) is 6.42 Å². The van der Waals surface area contributed by atoms with Gasteiger partial charge in [0.25, 0.3) is 7.82 Å². The molecule has 1 N–H and O–H groups in total. The van der Waals surface area contributed by atoms with E-state index in [9.17, 15) is 19.4 Å². The standard InChI is InChI=1S/C30H50NO7P/c1-5-6-7-8-9-10-11-12-13-14-15-16-17-18-19-20-21-22-23-24-30(33)38-29(27-32)28-37-39(34,35)36-26-25-31(2,3)4/h6-7,9-10,12-13,15-16,18-19,21-22,29,32H,5,8,11,14,17,20,23-28H2,1-4H3/b7-6+,10-9+,13-12+,16-15+,19-18+,22-21+/t29-/m1/s1. The number of aliphatic hydroxyl groups is 1. The van der Waals surface area contributed by atoms with Crippen LogP contribution in [0.5, 0.6) is 0 Å².